The molecule has 1 saturated carbocycles. The van der Waals surface area contributed by atoms with Gasteiger partial charge in [-0.05, 0) is 67.4 Å². The minimum Gasteiger partial charge on any atom is -0.438 e. The SMILES string of the molecule is CNc1nccc(-c2cccnc2Oc2ccc(NC(=O)c3cccnc3NC3CC3)cc2)n1. The molecule has 9 heteroatoms. The Balaban J connectivity index is 1.30. The number of nitrogens with one attached hydrogen (secondary N) is 3. The molecule has 34 heavy (non-hydrogen) atoms. The Bertz CT molecular complexity index is 1310. The maximum absolute atomic E-state index is 12.8. The molecule has 4 aromatic rings. The Kier molecular flexibility index (Phi) is 5.98. The van der Waals surface area contributed by atoms with E-state index in [1.807, 2.05) is 12.1 Å². The van der Waals surface area contributed by atoms with Crippen LogP contribution in [0.2, 0.25) is 0 Å². The van der Waals surface area contributed by atoms with Crippen molar-refractivity contribution in [1.29, 1.82) is 0 Å². The maximum Gasteiger partial charge on any atom is 0.259 e. The van der Waals surface area contributed by atoms with Crippen LogP contribution in [0, 0.1) is 0 Å². The minimum atomic E-state index is -0.221. The van der Waals surface area contributed by atoms with E-state index in [0.717, 1.165) is 18.4 Å². The number of amides is 1. The molecule has 0 saturated heterocycles. The molecule has 0 unspecified atom stereocenters. The lowest BCUT2D eigenvalue weighted by atomic mass is 10.2. The zero-order chi connectivity index (χ0) is 23.3. The van der Waals surface area contributed by atoms with Crippen LogP contribution in [0.4, 0.5) is 17.5 Å². The van der Waals surface area contributed by atoms with Gasteiger partial charge in [0.15, 0.2) is 0 Å². The number of carbonyl (C=O) groups excluding carboxylic acids is 1. The van der Waals surface area contributed by atoms with Crippen LogP contribution >= 0.6 is 0 Å². The summed E-state index contributed by atoms with van der Waals surface area (Å²) in [5.41, 5.74) is 2.59. The van der Waals surface area contributed by atoms with Crippen molar-refractivity contribution < 1.29 is 9.53 Å². The van der Waals surface area contributed by atoms with E-state index in [4.69, 9.17) is 4.74 Å². The standard InChI is InChI=1S/C25H23N7O2/c1-26-25-29-15-12-21(32-25)19-4-2-14-28-24(19)34-18-10-8-17(9-11-18)31-23(33)20-5-3-13-27-22(20)30-16-6-7-16/h2-5,8-16H,6-7H2,1H3,(H,27,30)(H,31,33)(H,26,29,32). The van der Waals surface area contributed by atoms with Crippen LogP contribution in [0.25, 0.3) is 11.3 Å². The molecule has 0 atom stereocenters. The molecule has 5 rings (SSSR count). The van der Waals surface area contributed by atoms with E-state index in [0.29, 0.717) is 46.4 Å². The lowest BCUT2D eigenvalue weighted by Crippen LogP contribution is -2.16. The van der Waals surface area contributed by atoms with Crippen molar-refractivity contribution in [3.05, 3.63) is 78.8 Å². The highest BCUT2D eigenvalue weighted by atomic mass is 16.5. The number of rotatable bonds is 8. The normalized spacial score (nSPS) is 12.6. The van der Waals surface area contributed by atoms with E-state index in [1.165, 1.54) is 0 Å². The number of aromatic nitrogens is 4. The fraction of sp³-hybridized carbons (Fsp3) is 0.160. The van der Waals surface area contributed by atoms with Crippen molar-refractivity contribution in [3.63, 3.8) is 0 Å². The fourth-order valence-electron chi connectivity index (χ4n) is 3.34. The van der Waals surface area contributed by atoms with E-state index in [-0.39, 0.29) is 5.91 Å². The Morgan fingerprint density at radius 3 is 2.53 bits per heavy atom. The Labute approximate surface area is 196 Å². The van der Waals surface area contributed by atoms with Crippen molar-refractivity contribution in [2.45, 2.75) is 18.9 Å². The largest absolute Gasteiger partial charge is 0.438 e. The van der Waals surface area contributed by atoms with Crippen LogP contribution in [0.15, 0.2) is 73.2 Å². The van der Waals surface area contributed by atoms with Gasteiger partial charge in [-0.25, -0.2) is 19.9 Å². The molecular formula is C25H23N7O2. The summed E-state index contributed by atoms with van der Waals surface area (Å²) in [5.74, 6) is 1.90. The number of ether oxygens (including phenoxy) is 1. The van der Waals surface area contributed by atoms with Gasteiger partial charge in [-0.3, -0.25) is 4.79 Å². The molecule has 170 valence electrons. The summed E-state index contributed by atoms with van der Waals surface area (Å²) >= 11 is 0. The summed E-state index contributed by atoms with van der Waals surface area (Å²) in [6.07, 6.45) is 7.22. The van der Waals surface area contributed by atoms with Crippen LogP contribution in [0.5, 0.6) is 11.6 Å². The van der Waals surface area contributed by atoms with Gasteiger partial charge in [0, 0.05) is 37.4 Å². The van der Waals surface area contributed by atoms with Gasteiger partial charge in [0.05, 0.1) is 16.8 Å². The monoisotopic (exact) mass is 453 g/mol. The van der Waals surface area contributed by atoms with Crippen LogP contribution in [0.3, 0.4) is 0 Å². The Morgan fingerprint density at radius 2 is 1.74 bits per heavy atom. The molecule has 1 fully saturated rings. The molecule has 1 aromatic carbocycles. The summed E-state index contributed by atoms with van der Waals surface area (Å²) in [7, 11) is 1.76. The summed E-state index contributed by atoms with van der Waals surface area (Å²) in [6, 6.07) is 16.6. The molecule has 0 bridgehead atoms. The molecule has 3 heterocycles. The van der Waals surface area contributed by atoms with Crippen molar-refractivity contribution in [2.24, 2.45) is 0 Å². The van der Waals surface area contributed by atoms with E-state index in [2.05, 4.69) is 35.9 Å². The van der Waals surface area contributed by atoms with Crippen molar-refractivity contribution in [1.82, 2.24) is 19.9 Å². The van der Waals surface area contributed by atoms with Crippen molar-refractivity contribution in [2.75, 3.05) is 23.0 Å². The highest BCUT2D eigenvalue weighted by molar-refractivity contribution is 6.07. The highest BCUT2D eigenvalue weighted by Gasteiger charge is 2.24. The van der Waals surface area contributed by atoms with E-state index in [1.54, 1.807) is 68.1 Å². The first kappa shape index (κ1) is 21.3. The van der Waals surface area contributed by atoms with Crippen molar-refractivity contribution in [3.8, 4) is 22.9 Å². The Morgan fingerprint density at radius 1 is 0.941 bits per heavy atom. The number of carbonyl (C=O) groups is 1. The van der Waals surface area contributed by atoms with E-state index in [9.17, 15) is 4.79 Å². The van der Waals surface area contributed by atoms with Gasteiger partial charge in [-0.1, -0.05) is 0 Å². The molecule has 0 spiro atoms. The first-order chi connectivity index (χ1) is 16.7. The number of anilines is 3. The highest BCUT2D eigenvalue weighted by Crippen LogP contribution is 2.31. The second kappa shape index (κ2) is 9.53. The van der Waals surface area contributed by atoms with Crippen LogP contribution < -0.4 is 20.7 Å². The number of hydrogen-bond donors (Lipinski definition) is 3. The first-order valence-corrected chi connectivity index (χ1v) is 11.0. The lowest BCUT2D eigenvalue weighted by Gasteiger charge is -2.12. The molecular weight excluding hydrogens is 430 g/mol. The van der Waals surface area contributed by atoms with E-state index >= 15 is 0 Å². The van der Waals surface area contributed by atoms with Gasteiger partial charge in [-0.2, -0.15) is 0 Å². The summed E-state index contributed by atoms with van der Waals surface area (Å²) in [4.78, 5) is 30.1. The third kappa shape index (κ3) is 4.93. The molecule has 3 N–H and O–H groups in total. The van der Waals surface area contributed by atoms with Gasteiger partial charge in [0.2, 0.25) is 11.8 Å². The number of benzene rings is 1. The average molecular weight is 454 g/mol. The zero-order valence-electron chi connectivity index (χ0n) is 18.5. The molecule has 1 amide bonds. The number of pyridine rings is 2. The maximum atomic E-state index is 12.8. The van der Waals surface area contributed by atoms with E-state index < -0.39 is 0 Å². The topological polar surface area (TPSA) is 114 Å². The molecule has 1 aliphatic rings. The fourth-order valence-corrected chi connectivity index (χ4v) is 3.34. The average Bonchev–Trinajstić information content (AvgIpc) is 3.70. The minimum absolute atomic E-state index is 0.221. The zero-order valence-corrected chi connectivity index (χ0v) is 18.5. The number of nitrogens with zero attached hydrogens (tertiary/aromatic N) is 4. The third-order valence-corrected chi connectivity index (χ3v) is 5.22. The second-order valence-corrected chi connectivity index (χ2v) is 7.77. The molecule has 1 aliphatic carbocycles. The van der Waals surface area contributed by atoms with Crippen LogP contribution in [-0.4, -0.2) is 38.9 Å². The predicted octanol–water partition coefficient (Wildman–Crippen LogP) is 4.59. The second-order valence-electron chi connectivity index (χ2n) is 7.77. The molecule has 0 aliphatic heterocycles. The van der Waals surface area contributed by atoms with Crippen molar-refractivity contribution >= 4 is 23.4 Å². The van der Waals surface area contributed by atoms with Gasteiger partial charge in [0.1, 0.15) is 11.6 Å². The summed E-state index contributed by atoms with van der Waals surface area (Å²) in [5, 5.41) is 9.15. The van der Waals surface area contributed by atoms with Gasteiger partial charge < -0.3 is 20.7 Å². The summed E-state index contributed by atoms with van der Waals surface area (Å²) in [6.45, 7) is 0. The quantitative estimate of drug-likeness (QED) is 0.355. The number of hydrogen-bond acceptors (Lipinski definition) is 8. The molecule has 0 radical (unpaired) electrons. The predicted molar refractivity (Wildman–Crippen MR) is 130 cm³/mol. The smallest absolute Gasteiger partial charge is 0.259 e. The summed E-state index contributed by atoms with van der Waals surface area (Å²) < 4.78 is 6.03. The van der Waals surface area contributed by atoms with Gasteiger partial charge >= 0.3 is 0 Å². The van der Waals surface area contributed by atoms with Gasteiger partial charge in [-0.15, -0.1) is 0 Å². The van der Waals surface area contributed by atoms with Crippen LogP contribution in [-0.2, 0) is 0 Å². The third-order valence-electron chi connectivity index (χ3n) is 5.22. The molecule has 9 nitrogen and oxygen atoms in total. The van der Waals surface area contributed by atoms with Crippen LogP contribution in [0.1, 0.15) is 23.2 Å². The first-order valence-electron chi connectivity index (χ1n) is 11.0. The Hall–Kier alpha value is -4.53. The lowest BCUT2D eigenvalue weighted by molar-refractivity contribution is 0.102. The molecule has 3 aromatic heterocycles. The van der Waals surface area contributed by atoms with Gasteiger partial charge in [0.25, 0.3) is 5.91 Å².